The predicted octanol–water partition coefficient (Wildman–Crippen LogP) is 2.64. The number of guanidine groups is 1. The second-order valence-corrected chi connectivity index (χ2v) is 7.18. The molecule has 152 valence electrons. The van der Waals surface area contributed by atoms with Crippen molar-refractivity contribution in [1.29, 1.82) is 0 Å². The van der Waals surface area contributed by atoms with Crippen LogP contribution in [0.1, 0.15) is 32.8 Å². The Morgan fingerprint density at radius 1 is 1.15 bits per heavy atom. The lowest BCUT2D eigenvalue weighted by Gasteiger charge is -2.28. The minimum atomic E-state index is 0.660. The van der Waals surface area contributed by atoms with Crippen molar-refractivity contribution in [3.63, 3.8) is 0 Å². The van der Waals surface area contributed by atoms with Crippen LogP contribution in [0.5, 0.6) is 0 Å². The molecule has 2 rings (SSSR count). The summed E-state index contributed by atoms with van der Waals surface area (Å²) in [5, 5.41) is 6.62. The SMILES string of the molecule is CCNC(=NCc1ccc(N2CCOCC2)cc1)NCCOCCC(C)C. The monoisotopic (exact) mass is 376 g/mol. The molecule has 0 radical (unpaired) electrons. The third-order valence-corrected chi connectivity index (χ3v) is 4.45. The number of rotatable bonds is 10. The topological polar surface area (TPSA) is 58.1 Å². The smallest absolute Gasteiger partial charge is 0.191 e. The van der Waals surface area contributed by atoms with E-state index in [4.69, 9.17) is 9.47 Å². The van der Waals surface area contributed by atoms with Crippen LogP contribution in [0.15, 0.2) is 29.3 Å². The van der Waals surface area contributed by atoms with Crippen molar-refractivity contribution >= 4 is 11.6 Å². The van der Waals surface area contributed by atoms with E-state index in [9.17, 15) is 0 Å². The van der Waals surface area contributed by atoms with E-state index in [-0.39, 0.29) is 0 Å². The molecule has 6 heteroatoms. The summed E-state index contributed by atoms with van der Waals surface area (Å²) >= 11 is 0. The summed E-state index contributed by atoms with van der Waals surface area (Å²) in [6.45, 7) is 13.8. The molecule has 0 unspecified atom stereocenters. The highest BCUT2D eigenvalue weighted by Crippen LogP contribution is 2.17. The van der Waals surface area contributed by atoms with Gasteiger partial charge in [-0.3, -0.25) is 0 Å². The lowest BCUT2D eigenvalue weighted by molar-refractivity contribution is 0.122. The minimum Gasteiger partial charge on any atom is -0.380 e. The van der Waals surface area contributed by atoms with Gasteiger partial charge in [0.2, 0.25) is 0 Å². The maximum atomic E-state index is 5.65. The number of aliphatic imine (C=N–C) groups is 1. The summed E-state index contributed by atoms with van der Waals surface area (Å²) in [4.78, 5) is 7.04. The summed E-state index contributed by atoms with van der Waals surface area (Å²) in [6.07, 6.45) is 1.11. The lowest BCUT2D eigenvalue weighted by atomic mass is 10.1. The van der Waals surface area contributed by atoms with Gasteiger partial charge in [-0.15, -0.1) is 0 Å². The Morgan fingerprint density at radius 3 is 2.56 bits per heavy atom. The van der Waals surface area contributed by atoms with E-state index in [2.05, 4.69) is 65.6 Å². The van der Waals surface area contributed by atoms with Crippen LogP contribution in [0.2, 0.25) is 0 Å². The first-order chi connectivity index (χ1) is 13.2. The standard InChI is InChI=1S/C21H36N4O2/c1-4-22-21(23-10-14-26-13-9-18(2)3)24-17-19-5-7-20(8-6-19)25-11-15-27-16-12-25/h5-8,18H,4,9-17H2,1-3H3,(H2,22,23,24). The molecule has 1 aliphatic rings. The maximum absolute atomic E-state index is 5.65. The Labute approximate surface area is 164 Å². The van der Waals surface area contributed by atoms with Crippen LogP contribution in [-0.2, 0) is 16.0 Å². The second-order valence-electron chi connectivity index (χ2n) is 7.18. The zero-order valence-corrected chi connectivity index (χ0v) is 17.2. The fourth-order valence-electron chi connectivity index (χ4n) is 2.81. The van der Waals surface area contributed by atoms with E-state index in [0.29, 0.717) is 19.1 Å². The molecule has 1 fully saturated rings. The number of hydrogen-bond acceptors (Lipinski definition) is 4. The van der Waals surface area contributed by atoms with Crippen LogP contribution >= 0.6 is 0 Å². The Bertz CT molecular complexity index is 540. The number of morpholine rings is 1. The van der Waals surface area contributed by atoms with Crippen molar-refractivity contribution in [3.8, 4) is 0 Å². The van der Waals surface area contributed by atoms with Crippen LogP contribution < -0.4 is 15.5 Å². The molecule has 1 aromatic carbocycles. The number of nitrogens with one attached hydrogen (secondary N) is 2. The molecule has 0 atom stereocenters. The zero-order valence-electron chi connectivity index (χ0n) is 17.2. The number of hydrogen-bond donors (Lipinski definition) is 2. The predicted molar refractivity (Wildman–Crippen MR) is 113 cm³/mol. The molecular formula is C21H36N4O2. The third kappa shape index (κ3) is 8.63. The normalized spacial score (nSPS) is 15.3. The molecule has 0 bridgehead atoms. The van der Waals surface area contributed by atoms with E-state index >= 15 is 0 Å². The number of benzene rings is 1. The van der Waals surface area contributed by atoms with E-state index in [0.717, 1.165) is 58.4 Å². The first-order valence-electron chi connectivity index (χ1n) is 10.2. The van der Waals surface area contributed by atoms with E-state index in [1.54, 1.807) is 0 Å². The summed E-state index contributed by atoms with van der Waals surface area (Å²) in [5.74, 6) is 1.52. The maximum Gasteiger partial charge on any atom is 0.191 e. The Hall–Kier alpha value is -1.79. The van der Waals surface area contributed by atoms with Crippen molar-refractivity contribution in [1.82, 2.24) is 10.6 Å². The highest BCUT2D eigenvalue weighted by molar-refractivity contribution is 5.79. The summed E-state index contributed by atoms with van der Waals surface area (Å²) in [7, 11) is 0. The van der Waals surface area contributed by atoms with Gasteiger partial charge in [0, 0.05) is 38.5 Å². The molecule has 2 N–H and O–H groups in total. The van der Waals surface area contributed by atoms with Gasteiger partial charge in [0.15, 0.2) is 5.96 Å². The molecule has 6 nitrogen and oxygen atoms in total. The third-order valence-electron chi connectivity index (χ3n) is 4.45. The summed E-state index contributed by atoms with van der Waals surface area (Å²) in [5.41, 5.74) is 2.46. The van der Waals surface area contributed by atoms with Crippen molar-refractivity contribution in [2.75, 3.05) is 57.5 Å². The fraction of sp³-hybridized carbons (Fsp3) is 0.667. The zero-order chi connectivity index (χ0) is 19.3. The average Bonchev–Trinajstić information content (AvgIpc) is 2.69. The first-order valence-corrected chi connectivity index (χ1v) is 10.2. The quantitative estimate of drug-likeness (QED) is 0.373. The van der Waals surface area contributed by atoms with Gasteiger partial charge in [0.1, 0.15) is 0 Å². The molecule has 1 aliphatic heterocycles. The molecule has 1 saturated heterocycles. The van der Waals surface area contributed by atoms with Gasteiger partial charge in [-0.05, 0) is 37.0 Å². The number of nitrogens with zero attached hydrogens (tertiary/aromatic N) is 2. The summed E-state index contributed by atoms with van der Waals surface area (Å²) in [6, 6.07) is 8.68. The molecule has 0 aromatic heterocycles. The highest BCUT2D eigenvalue weighted by Gasteiger charge is 2.10. The minimum absolute atomic E-state index is 0.660. The van der Waals surface area contributed by atoms with Gasteiger partial charge >= 0.3 is 0 Å². The van der Waals surface area contributed by atoms with Crippen molar-refractivity contribution < 1.29 is 9.47 Å². The molecule has 1 heterocycles. The van der Waals surface area contributed by atoms with Crippen molar-refractivity contribution in [3.05, 3.63) is 29.8 Å². The van der Waals surface area contributed by atoms with Crippen molar-refractivity contribution in [2.24, 2.45) is 10.9 Å². The lowest BCUT2D eigenvalue weighted by Crippen LogP contribution is -2.39. The van der Waals surface area contributed by atoms with E-state index in [1.165, 1.54) is 11.3 Å². The van der Waals surface area contributed by atoms with Crippen molar-refractivity contribution in [2.45, 2.75) is 33.7 Å². The van der Waals surface area contributed by atoms with Gasteiger partial charge in [-0.1, -0.05) is 26.0 Å². The number of ether oxygens (including phenoxy) is 2. The van der Waals surface area contributed by atoms with E-state index in [1.807, 2.05) is 0 Å². The molecule has 0 saturated carbocycles. The van der Waals surface area contributed by atoms with Gasteiger partial charge in [0.05, 0.1) is 26.4 Å². The first kappa shape index (κ1) is 21.5. The van der Waals surface area contributed by atoms with Gasteiger partial charge in [-0.2, -0.15) is 0 Å². The Kier molecular flexibility index (Phi) is 10.0. The van der Waals surface area contributed by atoms with Crippen LogP contribution in [0.3, 0.4) is 0 Å². The Morgan fingerprint density at radius 2 is 1.89 bits per heavy atom. The van der Waals surface area contributed by atoms with Crippen LogP contribution in [-0.4, -0.2) is 58.6 Å². The summed E-state index contributed by atoms with van der Waals surface area (Å²) < 4.78 is 11.1. The molecule has 27 heavy (non-hydrogen) atoms. The molecule has 0 amide bonds. The molecule has 1 aromatic rings. The van der Waals surface area contributed by atoms with Crippen LogP contribution in [0.25, 0.3) is 0 Å². The van der Waals surface area contributed by atoms with Crippen LogP contribution in [0.4, 0.5) is 5.69 Å². The molecule has 0 spiro atoms. The van der Waals surface area contributed by atoms with Gasteiger partial charge in [-0.25, -0.2) is 4.99 Å². The fourth-order valence-corrected chi connectivity index (χ4v) is 2.81. The Balaban J connectivity index is 1.75. The largest absolute Gasteiger partial charge is 0.380 e. The molecular weight excluding hydrogens is 340 g/mol. The van der Waals surface area contributed by atoms with Gasteiger partial charge in [0.25, 0.3) is 0 Å². The van der Waals surface area contributed by atoms with Crippen LogP contribution in [0, 0.1) is 5.92 Å². The number of anilines is 1. The molecule has 0 aliphatic carbocycles. The highest BCUT2D eigenvalue weighted by atomic mass is 16.5. The average molecular weight is 377 g/mol. The van der Waals surface area contributed by atoms with E-state index < -0.39 is 0 Å². The second kappa shape index (κ2) is 12.6. The van der Waals surface area contributed by atoms with Gasteiger partial charge < -0.3 is 25.0 Å².